The number of amides is 1. The molecule has 0 aliphatic carbocycles. The fraction of sp³-hybridized carbons (Fsp3) is 0.179. The molecule has 1 heterocycles. The quantitative estimate of drug-likeness (QED) is 0.339. The minimum atomic E-state index is -0.280. The van der Waals surface area contributed by atoms with Gasteiger partial charge < -0.3 is 9.73 Å². The summed E-state index contributed by atoms with van der Waals surface area (Å²) in [5, 5.41) is 2.90. The second-order valence-electron chi connectivity index (χ2n) is 8.28. The highest BCUT2D eigenvalue weighted by atomic mass is 19.1. The molecule has 3 aromatic carbocycles. The number of halogens is 1. The summed E-state index contributed by atoms with van der Waals surface area (Å²) in [6.07, 6.45) is 0. The molecule has 0 aliphatic rings. The molecule has 4 aromatic rings. The number of nitrogens with one attached hydrogen (secondary N) is 1. The van der Waals surface area contributed by atoms with Crippen molar-refractivity contribution in [1.29, 1.82) is 0 Å². The molecule has 1 aromatic heterocycles. The Bertz CT molecular complexity index is 1220. The van der Waals surface area contributed by atoms with Gasteiger partial charge in [-0.1, -0.05) is 48.5 Å². The topological polar surface area (TPSA) is 45.5 Å². The maximum Gasteiger partial charge on any atom is 0.291 e. The monoisotopic (exact) mass is 442 g/mol. The van der Waals surface area contributed by atoms with E-state index in [4.69, 9.17) is 4.42 Å². The fourth-order valence-corrected chi connectivity index (χ4v) is 3.67. The van der Waals surface area contributed by atoms with E-state index in [2.05, 4.69) is 22.3 Å². The Morgan fingerprint density at radius 3 is 2.21 bits per heavy atom. The zero-order chi connectivity index (χ0) is 23.2. The van der Waals surface area contributed by atoms with Crippen LogP contribution >= 0.6 is 0 Å². The summed E-state index contributed by atoms with van der Waals surface area (Å²) in [5.74, 6) is 0.430. The smallest absolute Gasteiger partial charge is 0.291 e. The van der Waals surface area contributed by atoms with Gasteiger partial charge in [-0.25, -0.2) is 4.39 Å². The number of hydrogen-bond donors (Lipinski definition) is 1. The molecule has 0 radical (unpaired) electrons. The molecule has 33 heavy (non-hydrogen) atoms. The van der Waals surface area contributed by atoms with Crippen LogP contribution in [-0.4, -0.2) is 10.8 Å². The second-order valence-corrected chi connectivity index (χ2v) is 8.28. The van der Waals surface area contributed by atoms with Crippen molar-refractivity contribution >= 4 is 11.6 Å². The van der Waals surface area contributed by atoms with Gasteiger partial charge in [-0.05, 0) is 72.5 Å². The minimum absolute atomic E-state index is 0.251. The Labute approximate surface area is 193 Å². The molecule has 0 unspecified atom stereocenters. The average Bonchev–Trinajstić information content (AvgIpc) is 3.27. The van der Waals surface area contributed by atoms with Crippen molar-refractivity contribution < 1.29 is 13.6 Å². The summed E-state index contributed by atoms with van der Waals surface area (Å²) in [6.45, 7) is 5.89. The van der Waals surface area contributed by atoms with E-state index < -0.39 is 0 Å². The lowest BCUT2D eigenvalue weighted by atomic mass is 10.1. The first-order chi connectivity index (χ1) is 16.0. The number of nitrogens with zero attached hydrogens (tertiary/aromatic N) is 1. The molecule has 4 nitrogen and oxygen atoms in total. The molecule has 0 aliphatic heterocycles. The molecule has 0 saturated heterocycles. The van der Waals surface area contributed by atoms with Crippen molar-refractivity contribution in [3.05, 3.63) is 125 Å². The first-order valence-corrected chi connectivity index (χ1v) is 10.9. The lowest BCUT2D eigenvalue weighted by Crippen LogP contribution is -2.22. The molecule has 0 fully saturated rings. The number of furan rings is 1. The van der Waals surface area contributed by atoms with Crippen molar-refractivity contribution in [1.82, 2.24) is 4.90 Å². The van der Waals surface area contributed by atoms with E-state index in [-0.39, 0.29) is 17.5 Å². The molecular weight excluding hydrogens is 415 g/mol. The zero-order valence-electron chi connectivity index (χ0n) is 18.8. The number of benzene rings is 3. The van der Waals surface area contributed by atoms with Crippen LogP contribution in [-0.2, 0) is 19.6 Å². The molecule has 0 spiro atoms. The predicted molar refractivity (Wildman–Crippen MR) is 128 cm³/mol. The fourth-order valence-electron chi connectivity index (χ4n) is 3.67. The molecule has 168 valence electrons. The summed E-state index contributed by atoms with van der Waals surface area (Å²) in [4.78, 5) is 14.9. The van der Waals surface area contributed by atoms with Gasteiger partial charge in [-0.2, -0.15) is 0 Å². The summed E-state index contributed by atoms with van der Waals surface area (Å²) < 4.78 is 19.2. The lowest BCUT2D eigenvalue weighted by Gasteiger charge is -2.21. The van der Waals surface area contributed by atoms with Crippen LogP contribution in [0.4, 0.5) is 10.1 Å². The van der Waals surface area contributed by atoms with E-state index in [1.807, 2.05) is 56.3 Å². The Kier molecular flexibility index (Phi) is 7.01. The number of anilines is 1. The standard InChI is InChI=1S/C28H27FN2O2/c1-20-8-13-25(16-21(20)2)30-28(32)27-15-14-26(33-27)19-31(17-22-6-4-3-5-7-22)18-23-9-11-24(29)12-10-23/h3-16H,17-19H2,1-2H3,(H,30,32). The minimum Gasteiger partial charge on any atom is -0.455 e. The predicted octanol–water partition coefficient (Wildman–Crippen LogP) is 6.49. The molecular formula is C28H27FN2O2. The van der Waals surface area contributed by atoms with Crippen molar-refractivity contribution in [2.75, 3.05) is 5.32 Å². The maximum absolute atomic E-state index is 13.3. The first kappa shape index (κ1) is 22.5. The van der Waals surface area contributed by atoms with Crippen LogP contribution in [0.2, 0.25) is 0 Å². The van der Waals surface area contributed by atoms with Gasteiger partial charge in [0.2, 0.25) is 0 Å². The Morgan fingerprint density at radius 1 is 0.818 bits per heavy atom. The van der Waals surface area contributed by atoms with Gasteiger partial charge in [0.1, 0.15) is 11.6 Å². The highest BCUT2D eigenvalue weighted by Gasteiger charge is 2.15. The second kappa shape index (κ2) is 10.3. The summed E-state index contributed by atoms with van der Waals surface area (Å²) >= 11 is 0. The van der Waals surface area contributed by atoms with Crippen LogP contribution in [0, 0.1) is 19.7 Å². The van der Waals surface area contributed by atoms with Gasteiger partial charge in [0.05, 0.1) is 6.54 Å². The maximum atomic E-state index is 13.3. The molecule has 1 N–H and O–H groups in total. The van der Waals surface area contributed by atoms with Gasteiger partial charge in [-0.15, -0.1) is 0 Å². The van der Waals surface area contributed by atoms with Crippen molar-refractivity contribution in [3.8, 4) is 0 Å². The Balaban J connectivity index is 1.47. The van der Waals surface area contributed by atoms with E-state index in [1.54, 1.807) is 18.2 Å². The van der Waals surface area contributed by atoms with Crippen molar-refractivity contribution in [2.24, 2.45) is 0 Å². The largest absolute Gasteiger partial charge is 0.455 e. The molecule has 0 saturated carbocycles. The molecule has 0 atom stereocenters. The normalized spacial score (nSPS) is 11.0. The van der Waals surface area contributed by atoms with Crippen LogP contribution in [0.5, 0.6) is 0 Å². The summed E-state index contributed by atoms with van der Waals surface area (Å²) in [5.41, 5.74) is 5.20. The number of rotatable bonds is 8. The first-order valence-electron chi connectivity index (χ1n) is 10.9. The molecule has 1 amide bonds. The Morgan fingerprint density at radius 2 is 1.52 bits per heavy atom. The third-order valence-corrected chi connectivity index (χ3v) is 5.60. The number of aryl methyl sites for hydroxylation is 2. The average molecular weight is 443 g/mol. The van der Waals surface area contributed by atoms with E-state index in [0.717, 1.165) is 16.8 Å². The SMILES string of the molecule is Cc1ccc(NC(=O)c2ccc(CN(Cc3ccccc3)Cc3ccc(F)cc3)o2)cc1C. The molecule has 0 bridgehead atoms. The third-order valence-electron chi connectivity index (χ3n) is 5.60. The highest BCUT2D eigenvalue weighted by molar-refractivity contribution is 6.02. The third kappa shape index (κ3) is 6.18. The van der Waals surface area contributed by atoms with E-state index >= 15 is 0 Å². The summed E-state index contributed by atoms with van der Waals surface area (Å²) in [7, 11) is 0. The highest BCUT2D eigenvalue weighted by Crippen LogP contribution is 2.19. The van der Waals surface area contributed by atoms with Crippen LogP contribution in [0.1, 0.15) is 38.6 Å². The van der Waals surface area contributed by atoms with Gasteiger partial charge in [0.15, 0.2) is 5.76 Å². The molecule has 5 heteroatoms. The lowest BCUT2D eigenvalue weighted by molar-refractivity contribution is 0.0992. The number of carbonyl (C=O) groups excluding carboxylic acids is 1. The summed E-state index contributed by atoms with van der Waals surface area (Å²) in [6, 6.07) is 26.0. The van der Waals surface area contributed by atoms with E-state index in [9.17, 15) is 9.18 Å². The van der Waals surface area contributed by atoms with Gasteiger partial charge in [0, 0.05) is 18.8 Å². The van der Waals surface area contributed by atoms with Crippen LogP contribution in [0.3, 0.4) is 0 Å². The van der Waals surface area contributed by atoms with Crippen LogP contribution in [0.25, 0.3) is 0 Å². The van der Waals surface area contributed by atoms with Crippen molar-refractivity contribution in [2.45, 2.75) is 33.5 Å². The van der Waals surface area contributed by atoms with Crippen LogP contribution < -0.4 is 5.32 Å². The Hall–Kier alpha value is -3.70. The number of carbonyl (C=O) groups is 1. The van der Waals surface area contributed by atoms with Gasteiger partial charge >= 0.3 is 0 Å². The van der Waals surface area contributed by atoms with Crippen LogP contribution in [0.15, 0.2) is 89.3 Å². The van der Waals surface area contributed by atoms with Gasteiger partial charge in [-0.3, -0.25) is 9.69 Å². The molecule has 4 rings (SSSR count). The van der Waals surface area contributed by atoms with E-state index in [1.165, 1.54) is 23.3 Å². The van der Waals surface area contributed by atoms with Crippen molar-refractivity contribution in [3.63, 3.8) is 0 Å². The van der Waals surface area contributed by atoms with Gasteiger partial charge in [0.25, 0.3) is 5.91 Å². The zero-order valence-corrected chi connectivity index (χ0v) is 18.8. The number of hydrogen-bond acceptors (Lipinski definition) is 3. The van der Waals surface area contributed by atoms with E-state index in [0.29, 0.717) is 25.4 Å².